The number of carbonyl (C=O) groups excluding carboxylic acids is 1. The molecule has 3 aromatic carbocycles. The molecule has 1 amide bonds. The molecule has 1 fully saturated rings. The van der Waals surface area contributed by atoms with Gasteiger partial charge in [0, 0.05) is 43.6 Å². The zero-order valence-corrected chi connectivity index (χ0v) is 19.6. The average molecular weight is 464 g/mol. The van der Waals surface area contributed by atoms with Crippen molar-refractivity contribution >= 4 is 27.3 Å². The van der Waals surface area contributed by atoms with Gasteiger partial charge in [-0.3, -0.25) is 9.52 Å². The lowest BCUT2D eigenvalue weighted by molar-refractivity contribution is 0.0785. The Labute approximate surface area is 195 Å². The Hall–Kier alpha value is -3.32. The van der Waals surface area contributed by atoms with Crippen LogP contribution < -0.4 is 9.62 Å². The van der Waals surface area contributed by atoms with Gasteiger partial charge in [0.05, 0.1) is 4.90 Å². The fourth-order valence-corrected chi connectivity index (χ4v) is 5.13. The second-order valence-corrected chi connectivity index (χ2v) is 10.1. The normalized spacial score (nSPS) is 14.0. The molecule has 0 spiro atoms. The number of rotatable bonds is 7. The second kappa shape index (κ2) is 10.1. The molecule has 0 atom stereocenters. The highest BCUT2D eigenvalue weighted by molar-refractivity contribution is 7.92. The number of anilines is 2. The van der Waals surface area contributed by atoms with Crippen molar-refractivity contribution in [3.8, 4) is 0 Å². The first kappa shape index (κ1) is 22.9. The lowest BCUT2D eigenvalue weighted by Crippen LogP contribution is -2.29. The largest absolute Gasteiger partial charge is 0.372 e. The number of nitrogens with one attached hydrogen (secondary N) is 1. The lowest BCUT2D eigenvalue weighted by Gasteiger charge is -2.29. The van der Waals surface area contributed by atoms with Crippen LogP contribution >= 0.6 is 0 Å². The molecular weight excluding hydrogens is 434 g/mol. The molecule has 1 heterocycles. The molecule has 0 aromatic heterocycles. The molecule has 0 bridgehead atoms. The summed E-state index contributed by atoms with van der Waals surface area (Å²) in [6, 6.07) is 23.1. The second-order valence-electron chi connectivity index (χ2n) is 8.37. The first-order valence-corrected chi connectivity index (χ1v) is 12.7. The fourth-order valence-electron chi connectivity index (χ4n) is 4.06. The van der Waals surface area contributed by atoms with Crippen molar-refractivity contribution in [3.63, 3.8) is 0 Å². The number of benzene rings is 3. The van der Waals surface area contributed by atoms with Gasteiger partial charge in [-0.2, -0.15) is 0 Å². The third kappa shape index (κ3) is 5.73. The minimum absolute atomic E-state index is 0.170. The van der Waals surface area contributed by atoms with E-state index in [4.69, 9.17) is 0 Å². The van der Waals surface area contributed by atoms with Crippen molar-refractivity contribution in [1.29, 1.82) is 0 Å². The number of nitrogens with zero attached hydrogens (tertiary/aromatic N) is 2. The Bertz CT molecular complexity index is 1190. The molecule has 1 N–H and O–H groups in total. The van der Waals surface area contributed by atoms with Gasteiger partial charge in [-0.05, 0) is 67.3 Å². The van der Waals surface area contributed by atoms with E-state index in [9.17, 15) is 13.2 Å². The molecule has 33 heavy (non-hydrogen) atoms. The highest BCUT2D eigenvalue weighted by atomic mass is 32.2. The Balaban J connectivity index is 1.41. The summed E-state index contributed by atoms with van der Waals surface area (Å²) in [6.07, 6.45) is 3.77. The Morgan fingerprint density at radius 2 is 1.61 bits per heavy atom. The van der Waals surface area contributed by atoms with Crippen LogP contribution in [0.15, 0.2) is 83.8 Å². The minimum atomic E-state index is -3.72. The number of piperidine rings is 1. The van der Waals surface area contributed by atoms with Crippen molar-refractivity contribution in [2.75, 3.05) is 29.8 Å². The van der Waals surface area contributed by atoms with Gasteiger partial charge >= 0.3 is 0 Å². The maximum atomic E-state index is 13.0. The molecule has 7 heteroatoms. The van der Waals surface area contributed by atoms with E-state index >= 15 is 0 Å². The van der Waals surface area contributed by atoms with Crippen LogP contribution in [0.1, 0.15) is 35.2 Å². The first-order chi connectivity index (χ1) is 15.9. The summed E-state index contributed by atoms with van der Waals surface area (Å²) in [5.41, 5.74) is 3.05. The Morgan fingerprint density at radius 3 is 2.30 bits per heavy atom. The van der Waals surface area contributed by atoms with Gasteiger partial charge in [0.1, 0.15) is 0 Å². The van der Waals surface area contributed by atoms with Gasteiger partial charge in [0.15, 0.2) is 0 Å². The van der Waals surface area contributed by atoms with Gasteiger partial charge in [0.25, 0.3) is 15.9 Å². The number of hydrogen-bond donors (Lipinski definition) is 1. The van der Waals surface area contributed by atoms with E-state index in [-0.39, 0.29) is 10.8 Å². The van der Waals surface area contributed by atoms with Crippen LogP contribution in [0.2, 0.25) is 0 Å². The van der Waals surface area contributed by atoms with Crippen molar-refractivity contribution in [2.45, 2.75) is 30.7 Å². The summed E-state index contributed by atoms with van der Waals surface area (Å²) in [5, 5.41) is 0. The molecule has 1 aliphatic rings. The monoisotopic (exact) mass is 463 g/mol. The predicted molar refractivity (Wildman–Crippen MR) is 132 cm³/mol. The quantitative estimate of drug-likeness (QED) is 0.549. The van der Waals surface area contributed by atoms with Crippen molar-refractivity contribution in [2.24, 2.45) is 0 Å². The molecule has 0 radical (unpaired) electrons. The summed E-state index contributed by atoms with van der Waals surface area (Å²) >= 11 is 0. The summed E-state index contributed by atoms with van der Waals surface area (Å²) in [4.78, 5) is 17.2. The van der Waals surface area contributed by atoms with Crippen LogP contribution in [0.5, 0.6) is 0 Å². The van der Waals surface area contributed by atoms with E-state index in [1.54, 1.807) is 54.4 Å². The molecule has 1 aliphatic heterocycles. The standard InChI is InChI=1S/C26H29N3O3S/c1-28(20-21-13-15-24(16-14-21)29-17-6-3-7-18-29)26(30)22-9-8-10-23(19-22)27-33(31,32)25-11-4-2-5-12-25/h2,4-5,8-16,19,27H,3,6-7,17-18,20H2,1H3. The van der Waals surface area contributed by atoms with E-state index in [1.165, 1.54) is 37.1 Å². The third-order valence-electron chi connectivity index (χ3n) is 5.84. The minimum Gasteiger partial charge on any atom is -0.372 e. The van der Waals surface area contributed by atoms with Crippen LogP contribution in [-0.4, -0.2) is 39.4 Å². The predicted octanol–water partition coefficient (Wildman–Crippen LogP) is 4.75. The summed E-state index contributed by atoms with van der Waals surface area (Å²) in [6.45, 7) is 2.67. The zero-order valence-electron chi connectivity index (χ0n) is 18.8. The van der Waals surface area contributed by atoms with Crippen LogP contribution in [0.25, 0.3) is 0 Å². The van der Waals surface area contributed by atoms with E-state index in [0.717, 1.165) is 18.7 Å². The fraction of sp³-hybridized carbons (Fsp3) is 0.269. The first-order valence-electron chi connectivity index (χ1n) is 11.2. The Kier molecular flexibility index (Phi) is 6.99. The molecule has 6 nitrogen and oxygen atoms in total. The Morgan fingerprint density at radius 1 is 0.909 bits per heavy atom. The highest BCUT2D eigenvalue weighted by Gasteiger charge is 2.17. The van der Waals surface area contributed by atoms with Gasteiger partial charge < -0.3 is 9.80 Å². The lowest BCUT2D eigenvalue weighted by atomic mass is 10.1. The molecular formula is C26H29N3O3S. The van der Waals surface area contributed by atoms with E-state index < -0.39 is 10.0 Å². The van der Waals surface area contributed by atoms with Crippen molar-refractivity contribution < 1.29 is 13.2 Å². The van der Waals surface area contributed by atoms with Gasteiger partial charge in [0.2, 0.25) is 0 Å². The molecule has 172 valence electrons. The SMILES string of the molecule is CN(Cc1ccc(N2CCCCC2)cc1)C(=O)c1cccc(NS(=O)(=O)c2ccccc2)c1. The molecule has 0 unspecified atom stereocenters. The van der Waals surface area contributed by atoms with Crippen LogP contribution in [0, 0.1) is 0 Å². The number of sulfonamides is 1. The third-order valence-corrected chi connectivity index (χ3v) is 7.24. The number of amides is 1. The average Bonchev–Trinajstić information content (AvgIpc) is 2.85. The van der Waals surface area contributed by atoms with Crippen LogP contribution in [0.4, 0.5) is 11.4 Å². The number of hydrogen-bond acceptors (Lipinski definition) is 4. The van der Waals surface area contributed by atoms with Crippen LogP contribution in [0.3, 0.4) is 0 Å². The van der Waals surface area contributed by atoms with Gasteiger partial charge in [-0.25, -0.2) is 8.42 Å². The van der Waals surface area contributed by atoms with Crippen LogP contribution in [-0.2, 0) is 16.6 Å². The zero-order chi connectivity index (χ0) is 23.3. The maximum Gasteiger partial charge on any atom is 0.261 e. The number of carbonyl (C=O) groups is 1. The van der Waals surface area contributed by atoms with E-state index in [1.807, 2.05) is 0 Å². The van der Waals surface area contributed by atoms with E-state index in [0.29, 0.717) is 17.8 Å². The summed E-state index contributed by atoms with van der Waals surface area (Å²) in [5.74, 6) is -0.170. The molecule has 0 saturated carbocycles. The molecule has 0 aliphatic carbocycles. The van der Waals surface area contributed by atoms with E-state index in [2.05, 4.69) is 33.9 Å². The van der Waals surface area contributed by atoms with Crippen molar-refractivity contribution in [1.82, 2.24) is 4.90 Å². The maximum absolute atomic E-state index is 13.0. The molecule has 3 aromatic rings. The van der Waals surface area contributed by atoms with Gasteiger partial charge in [-0.1, -0.05) is 36.4 Å². The summed E-state index contributed by atoms with van der Waals surface area (Å²) in [7, 11) is -1.97. The smallest absolute Gasteiger partial charge is 0.261 e. The molecule has 4 rings (SSSR count). The summed E-state index contributed by atoms with van der Waals surface area (Å²) < 4.78 is 27.7. The highest BCUT2D eigenvalue weighted by Crippen LogP contribution is 2.22. The molecule has 1 saturated heterocycles. The van der Waals surface area contributed by atoms with Crippen molar-refractivity contribution in [3.05, 3.63) is 90.0 Å². The van der Waals surface area contributed by atoms with Gasteiger partial charge in [-0.15, -0.1) is 0 Å². The topological polar surface area (TPSA) is 69.7 Å².